The zero-order chi connectivity index (χ0) is 10.8. The molecular weight excluding hydrogens is 232 g/mol. The van der Waals surface area contributed by atoms with Crippen LogP contribution in [0.1, 0.15) is 10.8 Å². The molecule has 2 atom stereocenters. The topological polar surface area (TPSA) is 62.2 Å². The van der Waals surface area contributed by atoms with E-state index in [0.29, 0.717) is 4.32 Å². The van der Waals surface area contributed by atoms with E-state index in [9.17, 15) is 4.79 Å². The first-order chi connectivity index (χ1) is 7.18. The van der Waals surface area contributed by atoms with Gasteiger partial charge in [0.1, 0.15) is 10.4 Å². The van der Waals surface area contributed by atoms with Crippen LogP contribution in [0.3, 0.4) is 0 Å². The molecule has 0 aliphatic carbocycles. The minimum absolute atomic E-state index is 0.169. The second-order valence-corrected chi connectivity index (χ2v) is 4.89. The number of hydrogen-bond donors (Lipinski definition) is 2. The Morgan fingerprint density at radius 3 is 2.80 bits per heavy atom. The van der Waals surface area contributed by atoms with Gasteiger partial charge in [0.2, 0.25) is 0 Å². The Hall–Kier alpha value is -1.14. The lowest BCUT2D eigenvalue weighted by atomic mass is 10.1. The molecule has 0 saturated carbocycles. The number of carbonyl (C=O) groups is 1. The zero-order valence-electron chi connectivity index (χ0n) is 7.58. The van der Waals surface area contributed by atoms with Crippen molar-refractivity contribution >= 4 is 34.3 Å². The van der Waals surface area contributed by atoms with Crippen molar-refractivity contribution in [2.45, 2.75) is 11.3 Å². The summed E-state index contributed by atoms with van der Waals surface area (Å²) >= 11 is 6.33. The van der Waals surface area contributed by atoms with Gasteiger partial charge in [0, 0.05) is 12.4 Å². The first-order valence-electron chi connectivity index (χ1n) is 4.28. The summed E-state index contributed by atoms with van der Waals surface area (Å²) in [5, 5.41) is 11.6. The van der Waals surface area contributed by atoms with Crippen LogP contribution in [0.2, 0.25) is 0 Å². The van der Waals surface area contributed by atoms with Crippen molar-refractivity contribution in [1.29, 1.82) is 0 Å². The second-order valence-electron chi connectivity index (χ2n) is 3.07. The van der Waals surface area contributed by atoms with Crippen molar-refractivity contribution < 1.29 is 9.90 Å². The fourth-order valence-electron chi connectivity index (χ4n) is 1.42. The molecule has 2 rings (SSSR count). The SMILES string of the molecule is O=C(O)C1NC(=S)SC1c1ccncc1. The second kappa shape index (κ2) is 4.16. The Kier molecular flexibility index (Phi) is 2.88. The molecule has 1 saturated heterocycles. The maximum absolute atomic E-state index is 11.0. The number of aromatic nitrogens is 1. The van der Waals surface area contributed by atoms with Gasteiger partial charge in [0.05, 0.1) is 5.25 Å². The van der Waals surface area contributed by atoms with Crippen LogP contribution in [0.15, 0.2) is 24.5 Å². The number of nitrogens with zero attached hydrogens (tertiary/aromatic N) is 1. The van der Waals surface area contributed by atoms with Crippen LogP contribution in [-0.2, 0) is 4.79 Å². The normalized spacial score (nSPS) is 24.9. The molecule has 1 aromatic rings. The van der Waals surface area contributed by atoms with Crippen LogP contribution in [0.5, 0.6) is 0 Å². The van der Waals surface area contributed by atoms with Gasteiger partial charge >= 0.3 is 5.97 Å². The molecule has 0 radical (unpaired) electrons. The van der Waals surface area contributed by atoms with Crippen molar-refractivity contribution in [3.05, 3.63) is 30.1 Å². The molecule has 0 spiro atoms. The molecule has 1 aliphatic rings. The Morgan fingerprint density at radius 2 is 2.20 bits per heavy atom. The number of aliphatic carboxylic acids is 1. The monoisotopic (exact) mass is 240 g/mol. The number of thiocarbonyl (C=S) groups is 1. The fraction of sp³-hybridized carbons (Fsp3) is 0.222. The molecular formula is C9H8N2O2S2. The van der Waals surface area contributed by atoms with Gasteiger partial charge in [-0.3, -0.25) is 4.98 Å². The largest absolute Gasteiger partial charge is 0.480 e. The van der Waals surface area contributed by atoms with Crippen molar-refractivity contribution in [3.8, 4) is 0 Å². The van der Waals surface area contributed by atoms with Crippen LogP contribution < -0.4 is 5.32 Å². The quantitative estimate of drug-likeness (QED) is 0.757. The van der Waals surface area contributed by atoms with Crippen LogP contribution in [-0.4, -0.2) is 26.4 Å². The highest BCUT2D eigenvalue weighted by atomic mass is 32.2. The minimum Gasteiger partial charge on any atom is -0.480 e. The molecule has 1 fully saturated rings. The van der Waals surface area contributed by atoms with E-state index in [-0.39, 0.29) is 5.25 Å². The number of pyridine rings is 1. The summed E-state index contributed by atoms with van der Waals surface area (Å²) in [5.74, 6) is -0.885. The van der Waals surface area contributed by atoms with E-state index in [1.54, 1.807) is 12.4 Å². The number of carboxylic acids is 1. The van der Waals surface area contributed by atoms with E-state index in [1.807, 2.05) is 12.1 Å². The molecule has 1 aliphatic heterocycles. The van der Waals surface area contributed by atoms with E-state index in [2.05, 4.69) is 10.3 Å². The molecule has 0 bridgehead atoms. The van der Waals surface area contributed by atoms with Crippen LogP contribution in [0.25, 0.3) is 0 Å². The first kappa shape index (κ1) is 10.4. The number of thioether (sulfide) groups is 1. The summed E-state index contributed by atoms with van der Waals surface area (Å²) in [5.41, 5.74) is 0.926. The third kappa shape index (κ3) is 2.10. The molecule has 2 N–H and O–H groups in total. The lowest BCUT2D eigenvalue weighted by Crippen LogP contribution is -2.35. The molecule has 2 unspecified atom stereocenters. The zero-order valence-corrected chi connectivity index (χ0v) is 9.22. The average molecular weight is 240 g/mol. The van der Waals surface area contributed by atoms with E-state index in [0.717, 1.165) is 5.56 Å². The smallest absolute Gasteiger partial charge is 0.327 e. The summed E-state index contributed by atoms with van der Waals surface area (Å²) in [6.45, 7) is 0. The summed E-state index contributed by atoms with van der Waals surface area (Å²) in [6.07, 6.45) is 3.30. The Bertz CT molecular complexity index is 396. The molecule has 4 nitrogen and oxygen atoms in total. The van der Waals surface area contributed by atoms with Crippen LogP contribution in [0.4, 0.5) is 0 Å². The number of hydrogen-bond acceptors (Lipinski definition) is 4. The number of rotatable bonds is 2. The van der Waals surface area contributed by atoms with Crippen LogP contribution in [0, 0.1) is 0 Å². The Morgan fingerprint density at radius 1 is 1.53 bits per heavy atom. The predicted octanol–water partition coefficient (Wildman–Crippen LogP) is 1.20. The molecule has 2 heterocycles. The minimum atomic E-state index is -0.885. The Balaban J connectivity index is 2.28. The number of nitrogens with one attached hydrogen (secondary N) is 1. The first-order valence-corrected chi connectivity index (χ1v) is 5.57. The lowest BCUT2D eigenvalue weighted by molar-refractivity contribution is -0.138. The highest BCUT2D eigenvalue weighted by Gasteiger charge is 2.37. The van der Waals surface area contributed by atoms with Gasteiger partial charge in [0.15, 0.2) is 0 Å². The van der Waals surface area contributed by atoms with Crippen molar-refractivity contribution in [2.24, 2.45) is 0 Å². The summed E-state index contributed by atoms with van der Waals surface area (Å²) in [7, 11) is 0. The van der Waals surface area contributed by atoms with Crippen molar-refractivity contribution in [3.63, 3.8) is 0 Å². The van der Waals surface area contributed by atoms with E-state index in [1.165, 1.54) is 11.8 Å². The van der Waals surface area contributed by atoms with Gasteiger partial charge in [-0.05, 0) is 17.7 Å². The standard InChI is InChI=1S/C9H8N2O2S2/c12-8(13)6-7(15-9(14)11-6)5-1-3-10-4-2-5/h1-4,6-7H,(H,11,14)(H,12,13). The third-order valence-corrected chi connectivity index (χ3v) is 3.65. The van der Waals surface area contributed by atoms with Gasteiger partial charge < -0.3 is 10.4 Å². The highest BCUT2D eigenvalue weighted by molar-refractivity contribution is 8.23. The van der Waals surface area contributed by atoms with Gasteiger partial charge in [-0.15, -0.1) is 0 Å². The maximum atomic E-state index is 11.0. The van der Waals surface area contributed by atoms with Crippen LogP contribution >= 0.6 is 24.0 Å². The van der Waals surface area contributed by atoms with Crippen molar-refractivity contribution in [1.82, 2.24) is 10.3 Å². The van der Waals surface area contributed by atoms with E-state index in [4.69, 9.17) is 17.3 Å². The molecule has 0 aromatic carbocycles. The predicted molar refractivity (Wildman–Crippen MR) is 61.7 cm³/mol. The molecule has 1 aromatic heterocycles. The maximum Gasteiger partial charge on any atom is 0.327 e. The third-order valence-electron chi connectivity index (χ3n) is 2.11. The number of carboxylic acid groups (broad SMARTS) is 1. The fourth-order valence-corrected chi connectivity index (χ4v) is 2.90. The lowest BCUT2D eigenvalue weighted by Gasteiger charge is -2.13. The summed E-state index contributed by atoms with van der Waals surface area (Å²) in [6, 6.07) is 2.97. The molecule has 15 heavy (non-hydrogen) atoms. The van der Waals surface area contributed by atoms with E-state index >= 15 is 0 Å². The van der Waals surface area contributed by atoms with Gasteiger partial charge in [-0.25, -0.2) is 4.79 Å². The summed E-state index contributed by atoms with van der Waals surface area (Å²) < 4.78 is 0.532. The molecule has 6 heteroatoms. The highest BCUT2D eigenvalue weighted by Crippen LogP contribution is 2.37. The van der Waals surface area contributed by atoms with Gasteiger partial charge in [-0.1, -0.05) is 24.0 Å². The van der Waals surface area contributed by atoms with Gasteiger partial charge in [0.25, 0.3) is 0 Å². The van der Waals surface area contributed by atoms with Gasteiger partial charge in [-0.2, -0.15) is 0 Å². The average Bonchev–Trinajstić information content (AvgIpc) is 2.62. The molecule has 0 amide bonds. The molecule has 78 valence electrons. The summed E-state index contributed by atoms with van der Waals surface area (Å²) in [4.78, 5) is 14.9. The van der Waals surface area contributed by atoms with E-state index < -0.39 is 12.0 Å². The van der Waals surface area contributed by atoms with Crippen molar-refractivity contribution in [2.75, 3.05) is 0 Å². The Labute approximate surface area is 96.1 Å².